The summed E-state index contributed by atoms with van der Waals surface area (Å²) in [5.74, 6) is -5.37. The molecule has 13 heteroatoms. The van der Waals surface area contributed by atoms with E-state index in [2.05, 4.69) is 0 Å². The topological polar surface area (TPSA) is 170 Å². The summed E-state index contributed by atoms with van der Waals surface area (Å²) in [5.41, 5.74) is -3.91. The van der Waals surface area contributed by atoms with Gasteiger partial charge in [0.1, 0.15) is 30.5 Å². The first-order valence-corrected chi connectivity index (χ1v) is 16.8. The van der Waals surface area contributed by atoms with E-state index in [4.69, 9.17) is 33.2 Å². The zero-order valence-electron chi connectivity index (χ0n) is 29.6. The first-order chi connectivity index (χ1) is 22.3. The summed E-state index contributed by atoms with van der Waals surface area (Å²) >= 11 is 0. The summed E-state index contributed by atoms with van der Waals surface area (Å²) < 4.78 is 42.5. The monoisotopic (exact) mass is 678 g/mol. The van der Waals surface area contributed by atoms with E-state index < -0.39 is 101 Å². The Morgan fingerprint density at radius 2 is 1.48 bits per heavy atom. The van der Waals surface area contributed by atoms with Gasteiger partial charge in [0.2, 0.25) is 0 Å². The van der Waals surface area contributed by atoms with Crippen molar-refractivity contribution in [3.8, 4) is 0 Å². The zero-order chi connectivity index (χ0) is 35.9. The zero-order valence-corrected chi connectivity index (χ0v) is 29.6. The predicted molar refractivity (Wildman–Crippen MR) is 167 cm³/mol. The van der Waals surface area contributed by atoms with Crippen molar-refractivity contribution in [1.82, 2.24) is 0 Å². The molecule has 0 N–H and O–H groups in total. The first kappa shape index (κ1) is 37.3. The third kappa shape index (κ3) is 6.71. The van der Waals surface area contributed by atoms with Crippen molar-refractivity contribution in [3.63, 3.8) is 0 Å². The third-order valence-electron chi connectivity index (χ3n) is 10.3. The fourth-order valence-electron chi connectivity index (χ4n) is 8.23. The lowest BCUT2D eigenvalue weighted by molar-refractivity contribution is -0.248. The lowest BCUT2D eigenvalue weighted by Crippen LogP contribution is -2.68. The van der Waals surface area contributed by atoms with Crippen LogP contribution in [0.1, 0.15) is 101 Å². The molecule has 0 unspecified atom stereocenters. The second-order valence-corrected chi connectivity index (χ2v) is 14.5. The number of ether oxygens (including phenoxy) is 7. The van der Waals surface area contributed by atoms with Gasteiger partial charge in [-0.15, -0.1) is 0 Å². The Balaban J connectivity index is 2.05. The van der Waals surface area contributed by atoms with Gasteiger partial charge >= 0.3 is 35.8 Å². The SMILES string of the molecule is CCCC(=O)O[C@H]1C/C(C)=C\[C@@H]2OC(=O)[C@]3(C)O[C@]23[C@@H](OC(C)=O)[C@H]2[C@@H](C)[C@@H](OC(=O)CC(C)C)C[C@H](OC(C)=O)[C@]2(C)[C@H]1OC(C)=O. The van der Waals surface area contributed by atoms with Crippen LogP contribution < -0.4 is 0 Å². The molecule has 11 atom stereocenters. The Bertz CT molecular complexity index is 1350. The minimum absolute atomic E-state index is 0.00261. The Morgan fingerprint density at radius 1 is 0.896 bits per heavy atom. The Morgan fingerprint density at radius 3 is 2.02 bits per heavy atom. The van der Waals surface area contributed by atoms with Gasteiger partial charge in [0.05, 0.1) is 5.41 Å². The van der Waals surface area contributed by atoms with E-state index in [0.29, 0.717) is 12.0 Å². The van der Waals surface area contributed by atoms with Gasteiger partial charge in [-0.05, 0) is 32.3 Å². The molecule has 0 aromatic carbocycles. The molecule has 0 bridgehead atoms. The number of esters is 6. The second kappa shape index (κ2) is 13.8. The fraction of sp³-hybridized carbons (Fsp3) is 0.771. The summed E-state index contributed by atoms with van der Waals surface area (Å²) in [6.45, 7) is 16.1. The molecule has 2 saturated heterocycles. The smallest absolute Gasteiger partial charge is 0.342 e. The van der Waals surface area contributed by atoms with Crippen LogP contribution in [0.15, 0.2) is 11.6 Å². The first-order valence-electron chi connectivity index (χ1n) is 16.8. The average molecular weight is 679 g/mol. The molecule has 4 aliphatic rings. The third-order valence-corrected chi connectivity index (χ3v) is 10.3. The number of epoxide rings is 1. The van der Waals surface area contributed by atoms with Gasteiger partial charge in [-0.3, -0.25) is 24.0 Å². The molecule has 4 rings (SSSR count). The Kier molecular flexibility index (Phi) is 10.7. The maximum Gasteiger partial charge on any atom is 0.342 e. The molecule has 268 valence electrons. The number of hydrogen-bond acceptors (Lipinski definition) is 13. The van der Waals surface area contributed by atoms with Crippen molar-refractivity contribution >= 4 is 35.8 Å². The van der Waals surface area contributed by atoms with Crippen LogP contribution in [0.5, 0.6) is 0 Å². The van der Waals surface area contributed by atoms with Crippen LogP contribution in [0.4, 0.5) is 0 Å². The minimum atomic E-state index is -1.53. The molecule has 0 radical (unpaired) electrons. The van der Waals surface area contributed by atoms with Crippen LogP contribution >= 0.6 is 0 Å². The number of fused-ring (bicyclic) bond motifs is 1. The van der Waals surface area contributed by atoms with Crippen LogP contribution in [0.25, 0.3) is 0 Å². The van der Waals surface area contributed by atoms with E-state index in [1.807, 2.05) is 20.8 Å². The molecule has 0 aromatic rings. The number of rotatable bonds is 9. The Labute approximate surface area is 281 Å². The van der Waals surface area contributed by atoms with Gasteiger partial charge in [0, 0.05) is 58.3 Å². The van der Waals surface area contributed by atoms with Crippen molar-refractivity contribution in [1.29, 1.82) is 0 Å². The summed E-state index contributed by atoms with van der Waals surface area (Å²) in [6.07, 6.45) is -4.21. The van der Waals surface area contributed by atoms with Crippen molar-refractivity contribution in [3.05, 3.63) is 11.6 Å². The molecule has 0 amide bonds. The maximum absolute atomic E-state index is 13.4. The normalized spacial score (nSPS) is 39.6. The van der Waals surface area contributed by atoms with Gasteiger partial charge in [0.15, 0.2) is 17.3 Å². The Hall–Kier alpha value is -3.48. The van der Waals surface area contributed by atoms with Crippen molar-refractivity contribution < 1.29 is 61.9 Å². The van der Waals surface area contributed by atoms with Crippen LogP contribution in [-0.4, -0.2) is 83.6 Å². The van der Waals surface area contributed by atoms with Gasteiger partial charge in [-0.2, -0.15) is 0 Å². The van der Waals surface area contributed by atoms with Gasteiger partial charge in [-0.25, -0.2) is 4.79 Å². The van der Waals surface area contributed by atoms with E-state index in [1.54, 1.807) is 33.8 Å². The van der Waals surface area contributed by atoms with E-state index >= 15 is 0 Å². The highest BCUT2D eigenvalue weighted by molar-refractivity contribution is 5.89. The van der Waals surface area contributed by atoms with Gasteiger partial charge in [-0.1, -0.05) is 40.2 Å². The minimum Gasteiger partial charge on any atom is -0.462 e. The molecule has 2 aliphatic heterocycles. The van der Waals surface area contributed by atoms with Gasteiger partial charge in [0.25, 0.3) is 0 Å². The maximum atomic E-state index is 13.4. The summed E-state index contributed by atoms with van der Waals surface area (Å²) in [7, 11) is 0. The molecular formula is C35H50O13. The fourth-order valence-corrected chi connectivity index (χ4v) is 8.23. The molecule has 3 fully saturated rings. The van der Waals surface area contributed by atoms with Gasteiger partial charge < -0.3 is 33.2 Å². The van der Waals surface area contributed by atoms with Crippen LogP contribution in [-0.2, 0) is 61.9 Å². The molecule has 13 nitrogen and oxygen atoms in total. The van der Waals surface area contributed by atoms with E-state index in [9.17, 15) is 28.8 Å². The molecular weight excluding hydrogens is 628 g/mol. The summed E-state index contributed by atoms with van der Waals surface area (Å²) in [5, 5.41) is 0. The number of carbonyl (C=O) groups excluding carboxylic acids is 6. The molecule has 2 heterocycles. The van der Waals surface area contributed by atoms with E-state index in [1.165, 1.54) is 20.8 Å². The standard InChI is InChI=1S/C35H50O13/c1-11-12-27(39)46-24-14-18(4)15-26-35(34(10,48-35)32(41)47-26)31(44-22(8)38)29-19(5)23(45-28(40)13-17(2)3)16-25(42-20(6)36)33(29,9)30(24)43-21(7)37/h15,17,19,23-26,29-31H,11-14,16H2,1-10H3/b18-15-/t19-,23-,24-,25-,26-,29+,30-,31-,33-,34-,35-/m0/s1. The number of carbonyl (C=O) groups is 6. The molecule has 1 saturated carbocycles. The van der Waals surface area contributed by atoms with Crippen molar-refractivity contribution in [2.45, 2.75) is 149 Å². The highest BCUT2D eigenvalue weighted by Crippen LogP contribution is 2.66. The summed E-state index contributed by atoms with van der Waals surface area (Å²) in [4.78, 5) is 78.3. The quantitative estimate of drug-likeness (QED) is 0.149. The highest BCUT2D eigenvalue weighted by atomic mass is 16.7. The number of hydrogen-bond donors (Lipinski definition) is 0. The average Bonchev–Trinajstić information content (AvgIpc) is 3.53. The lowest BCUT2D eigenvalue weighted by atomic mass is 9.52. The van der Waals surface area contributed by atoms with Crippen molar-refractivity contribution in [2.75, 3.05) is 0 Å². The van der Waals surface area contributed by atoms with Crippen LogP contribution in [0.2, 0.25) is 0 Å². The second-order valence-electron chi connectivity index (χ2n) is 14.5. The molecule has 0 aromatic heterocycles. The molecule has 2 aliphatic carbocycles. The largest absolute Gasteiger partial charge is 0.462 e. The molecule has 1 spiro atoms. The predicted octanol–water partition coefficient (Wildman–Crippen LogP) is 3.92. The highest BCUT2D eigenvalue weighted by Gasteiger charge is 2.87. The van der Waals surface area contributed by atoms with Crippen LogP contribution in [0.3, 0.4) is 0 Å². The molecule has 48 heavy (non-hydrogen) atoms. The lowest BCUT2D eigenvalue weighted by Gasteiger charge is -2.57. The van der Waals surface area contributed by atoms with E-state index in [0.717, 1.165) is 0 Å². The summed E-state index contributed by atoms with van der Waals surface area (Å²) in [6, 6.07) is 0. The van der Waals surface area contributed by atoms with Crippen molar-refractivity contribution in [2.24, 2.45) is 23.2 Å². The van der Waals surface area contributed by atoms with Crippen LogP contribution in [0, 0.1) is 23.2 Å². The van der Waals surface area contributed by atoms with E-state index in [-0.39, 0.29) is 31.6 Å².